The maximum absolute atomic E-state index is 5.42. The topological polar surface area (TPSA) is 83.4 Å². The molecule has 0 saturated heterocycles. The van der Waals surface area contributed by atoms with E-state index in [0.717, 1.165) is 16.9 Å². The maximum Gasteiger partial charge on any atom is 0.203 e. The Kier molecular flexibility index (Phi) is 4.24. The van der Waals surface area contributed by atoms with Crippen molar-refractivity contribution in [2.24, 2.45) is 10.9 Å². The number of hydrogen-bond acceptors (Lipinski definition) is 6. The number of hydrogen-bond donors (Lipinski definition) is 1. The van der Waals surface area contributed by atoms with Crippen LogP contribution in [-0.2, 0) is 0 Å². The fourth-order valence-electron chi connectivity index (χ4n) is 2.64. The summed E-state index contributed by atoms with van der Waals surface area (Å²) < 4.78 is 18.2. The molecule has 0 aliphatic heterocycles. The van der Waals surface area contributed by atoms with E-state index in [4.69, 9.17) is 20.1 Å². The van der Waals surface area contributed by atoms with Crippen LogP contribution in [0.2, 0.25) is 0 Å². The second-order valence-electron chi connectivity index (χ2n) is 4.97. The van der Waals surface area contributed by atoms with Crippen LogP contribution in [0.3, 0.4) is 0 Å². The number of aromatic nitrogens is 2. The summed E-state index contributed by atoms with van der Waals surface area (Å²) >= 11 is 0. The van der Waals surface area contributed by atoms with Crippen LogP contribution in [0, 0.1) is 0 Å². The second kappa shape index (κ2) is 6.49. The third-order valence-electron chi connectivity index (χ3n) is 3.70. The quantitative estimate of drug-likeness (QED) is 0.442. The molecule has 0 spiro atoms. The molecule has 0 bridgehead atoms. The maximum atomic E-state index is 5.42. The number of fused-ring (bicyclic) bond motifs is 1. The molecular weight excluding hydrogens is 308 g/mol. The van der Waals surface area contributed by atoms with E-state index in [-0.39, 0.29) is 0 Å². The lowest BCUT2D eigenvalue weighted by atomic mass is 10.1. The number of imidazole rings is 1. The summed E-state index contributed by atoms with van der Waals surface area (Å²) in [6.45, 7) is 0. The van der Waals surface area contributed by atoms with Gasteiger partial charge in [0.05, 0.1) is 33.1 Å². The van der Waals surface area contributed by atoms with Gasteiger partial charge in [0.15, 0.2) is 11.5 Å². The molecule has 2 N–H and O–H groups in total. The van der Waals surface area contributed by atoms with Gasteiger partial charge in [0.25, 0.3) is 0 Å². The van der Waals surface area contributed by atoms with Gasteiger partial charge in [-0.3, -0.25) is 4.40 Å². The molecule has 2 aromatic heterocycles. The Morgan fingerprint density at radius 1 is 1.08 bits per heavy atom. The Morgan fingerprint density at radius 2 is 1.79 bits per heavy atom. The summed E-state index contributed by atoms with van der Waals surface area (Å²) in [4.78, 5) is 4.64. The van der Waals surface area contributed by atoms with Gasteiger partial charge in [0.1, 0.15) is 11.5 Å². The molecule has 0 aliphatic rings. The van der Waals surface area contributed by atoms with E-state index in [9.17, 15) is 0 Å². The standard InChI is InChI=1S/C17H18N4O3/c1-22-14-8-11(9-15(23-2)16(14)24-3)17-20-12(10-19-18)13-6-4-5-7-21(13)17/h4-10H,18H2,1-3H3. The number of hydrazone groups is 1. The van der Waals surface area contributed by atoms with Crippen molar-refractivity contribution in [3.63, 3.8) is 0 Å². The fourth-order valence-corrected chi connectivity index (χ4v) is 2.64. The molecule has 7 nitrogen and oxygen atoms in total. The van der Waals surface area contributed by atoms with Gasteiger partial charge in [-0.15, -0.1) is 0 Å². The second-order valence-corrected chi connectivity index (χ2v) is 4.97. The van der Waals surface area contributed by atoms with Crippen LogP contribution < -0.4 is 20.1 Å². The first-order chi connectivity index (χ1) is 11.7. The van der Waals surface area contributed by atoms with E-state index < -0.39 is 0 Å². The third kappa shape index (κ3) is 2.50. The summed E-state index contributed by atoms with van der Waals surface area (Å²) in [5, 5.41) is 3.59. The van der Waals surface area contributed by atoms with E-state index in [2.05, 4.69) is 10.1 Å². The zero-order chi connectivity index (χ0) is 17.1. The highest BCUT2D eigenvalue weighted by Crippen LogP contribution is 2.41. The number of ether oxygens (including phenoxy) is 3. The predicted molar refractivity (Wildman–Crippen MR) is 92.1 cm³/mol. The molecule has 124 valence electrons. The first kappa shape index (κ1) is 15.7. The molecule has 1 aromatic carbocycles. The molecular formula is C17H18N4O3. The van der Waals surface area contributed by atoms with Crippen molar-refractivity contribution < 1.29 is 14.2 Å². The molecule has 2 heterocycles. The molecule has 3 aromatic rings. The minimum atomic E-state index is 0.536. The fraction of sp³-hybridized carbons (Fsp3) is 0.176. The van der Waals surface area contributed by atoms with Crippen LogP contribution in [-0.4, -0.2) is 36.9 Å². The van der Waals surface area contributed by atoms with Crippen molar-refractivity contribution in [2.45, 2.75) is 0 Å². The summed E-state index contributed by atoms with van der Waals surface area (Å²) in [7, 11) is 4.73. The van der Waals surface area contributed by atoms with Crippen molar-refractivity contribution in [3.05, 3.63) is 42.2 Å². The van der Waals surface area contributed by atoms with Crippen LogP contribution in [0.15, 0.2) is 41.6 Å². The van der Waals surface area contributed by atoms with Crippen molar-refractivity contribution >= 4 is 11.7 Å². The molecule has 0 fully saturated rings. The van der Waals surface area contributed by atoms with Crippen molar-refractivity contribution in [1.29, 1.82) is 0 Å². The summed E-state index contributed by atoms with van der Waals surface area (Å²) in [6, 6.07) is 9.52. The van der Waals surface area contributed by atoms with E-state index in [0.29, 0.717) is 22.9 Å². The number of nitrogens with two attached hydrogens (primary N) is 1. The lowest BCUT2D eigenvalue weighted by Crippen LogP contribution is -1.97. The average Bonchev–Trinajstić information content (AvgIpc) is 2.99. The highest BCUT2D eigenvalue weighted by molar-refractivity contribution is 5.89. The molecule has 24 heavy (non-hydrogen) atoms. The Labute approximate surface area is 139 Å². The van der Waals surface area contributed by atoms with E-state index in [1.807, 2.05) is 40.9 Å². The number of rotatable bonds is 5. The molecule has 7 heteroatoms. The van der Waals surface area contributed by atoms with Gasteiger partial charge in [-0.25, -0.2) is 4.98 Å². The molecule has 0 saturated carbocycles. The number of benzene rings is 1. The highest BCUT2D eigenvalue weighted by Gasteiger charge is 2.18. The molecule has 0 radical (unpaired) electrons. The first-order valence-electron chi connectivity index (χ1n) is 7.24. The third-order valence-corrected chi connectivity index (χ3v) is 3.70. The van der Waals surface area contributed by atoms with Gasteiger partial charge in [0.2, 0.25) is 5.75 Å². The average molecular weight is 326 g/mol. The van der Waals surface area contributed by atoms with Gasteiger partial charge < -0.3 is 20.1 Å². The number of methoxy groups -OCH3 is 3. The van der Waals surface area contributed by atoms with Crippen LogP contribution in [0.4, 0.5) is 0 Å². The van der Waals surface area contributed by atoms with Gasteiger partial charge in [-0.05, 0) is 24.3 Å². The van der Waals surface area contributed by atoms with Crippen molar-refractivity contribution in [1.82, 2.24) is 9.38 Å². The monoisotopic (exact) mass is 326 g/mol. The lowest BCUT2D eigenvalue weighted by molar-refractivity contribution is 0.324. The van der Waals surface area contributed by atoms with Gasteiger partial charge in [-0.2, -0.15) is 5.10 Å². The van der Waals surface area contributed by atoms with Crippen LogP contribution in [0.5, 0.6) is 17.2 Å². The Hall–Kier alpha value is -3.22. The molecule has 3 rings (SSSR count). The zero-order valence-electron chi connectivity index (χ0n) is 13.7. The SMILES string of the molecule is COc1cc(-c2nc(C=NN)c3ccccn23)cc(OC)c1OC. The summed E-state index contributed by atoms with van der Waals surface area (Å²) in [5.74, 6) is 7.68. The predicted octanol–water partition coefficient (Wildman–Crippen LogP) is 2.32. The normalized spacial score (nSPS) is 11.1. The zero-order valence-corrected chi connectivity index (χ0v) is 13.7. The first-order valence-corrected chi connectivity index (χ1v) is 7.24. The Balaban J connectivity index is 2.28. The number of nitrogens with zero attached hydrogens (tertiary/aromatic N) is 3. The van der Waals surface area contributed by atoms with E-state index in [1.54, 1.807) is 21.3 Å². The van der Waals surface area contributed by atoms with E-state index >= 15 is 0 Å². The van der Waals surface area contributed by atoms with Gasteiger partial charge in [0, 0.05) is 11.8 Å². The van der Waals surface area contributed by atoms with Gasteiger partial charge in [-0.1, -0.05) is 6.07 Å². The molecule has 0 unspecified atom stereocenters. The van der Waals surface area contributed by atoms with Crippen LogP contribution >= 0.6 is 0 Å². The van der Waals surface area contributed by atoms with Gasteiger partial charge >= 0.3 is 0 Å². The molecule has 0 atom stereocenters. The minimum Gasteiger partial charge on any atom is -0.493 e. The molecule has 0 aliphatic carbocycles. The van der Waals surface area contributed by atoms with E-state index in [1.165, 1.54) is 6.21 Å². The van der Waals surface area contributed by atoms with Crippen molar-refractivity contribution in [3.8, 4) is 28.6 Å². The summed E-state index contributed by atoms with van der Waals surface area (Å²) in [6.07, 6.45) is 3.45. The Bertz CT molecular complexity index is 877. The Morgan fingerprint density at radius 3 is 2.38 bits per heavy atom. The van der Waals surface area contributed by atoms with Crippen LogP contribution in [0.25, 0.3) is 16.9 Å². The highest BCUT2D eigenvalue weighted by atomic mass is 16.5. The van der Waals surface area contributed by atoms with Crippen molar-refractivity contribution in [2.75, 3.05) is 21.3 Å². The number of pyridine rings is 1. The largest absolute Gasteiger partial charge is 0.493 e. The lowest BCUT2D eigenvalue weighted by Gasteiger charge is -2.13. The smallest absolute Gasteiger partial charge is 0.203 e. The summed E-state index contributed by atoms with van der Waals surface area (Å²) in [5.41, 5.74) is 2.40. The minimum absolute atomic E-state index is 0.536. The molecule has 0 amide bonds. The van der Waals surface area contributed by atoms with Crippen LogP contribution in [0.1, 0.15) is 5.69 Å².